The Balaban J connectivity index is 1.38. The van der Waals surface area contributed by atoms with Crippen molar-refractivity contribution in [2.45, 2.75) is 104 Å². The zero-order chi connectivity index (χ0) is 31.3. The first kappa shape index (κ1) is 30.7. The number of ketones is 2. The summed E-state index contributed by atoms with van der Waals surface area (Å²) in [5.41, 5.74) is 0.131. The van der Waals surface area contributed by atoms with E-state index in [2.05, 4.69) is 50.4 Å². The lowest BCUT2D eigenvalue weighted by Gasteiger charge is -2.69. The molecule has 7 nitrogen and oxygen atoms in total. The average Bonchev–Trinajstić information content (AvgIpc) is 3.72. The molecule has 6 aliphatic carbocycles. The zero-order valence-electron chi connectivity index (χ0n) is 26.8. The molecule has 43 heavy (non-hydrogen) atoms. The number of hydrogen-bond acceptors (Lipinski definition) is 7. The second kappa shape index (κ2) is 9.60. The van der Waals surface area contributed by atoms with Gasteiger partial charge in [0.25, 0.3) is 0 Å². The Hall–Kier alpha value is -2.29. The molecule has 0 radical (unpaired) electrons. The summed E-state index contributed by atoms with van der Waals surface area (Å²) in [6, 6.07) is 2.24. The lowest BCUT2D eigenvalue weighted by molar-refractivity contribution is -0.160. The van der Waals surface area contributed by atoms with Gasteiger partial charge in [0.1, 0.15) is 6.07 Å². The van der Waals surface area contributed by atoms with Gasteiger partial charge in [0.15, 0.2) is 11.6 Å². The Bertz CT molecular complexity index is 1550. The molecule has 0 aromatic rings. The van der Waals surface area contributed by atoms with Crippen molar-refractivity contribution in [2.24, 2.45) is 49.2 Å². The second-order valence-corrected chi connectivity index (χ2v) is 19.0. The summed E-state index contributed by atoms with van der Waals surface area (Å²) in [5, 5.41) is 22.8. The molecule has 4 saturated carbocycles. The smallest absolute Gasteiger partial charge is 0.214 e. The molecule has 0 bridgehead atoms. The molecule has 232 valence electrons. The molecular formula is C35H48N4O3S. The summed E-state index contributed by atoms with van der Waals surface area (Å²) in [6.07, 6.45) is 16.5. The van der Waals surface area contributed by atoms with Crippen molar-refractivity contribution in [3.8, 4) is 12.3 Å². The largest absolute Gasteiger partial charge is 0.311 e. The first-order valence-corrected chi connectivity index (χ1v) is 18.4. The molecule has 0 aliphatic heterocycles. The van der Waals surface area contributed by atoms with E-state index in [1.54, 1.807) is 12.4 Å². The molecule has 0 aromatic carbocycles. The number of carbonyl (C=O) groups excluding carboxylic acids is 2. The van der Waals surface area contributed by atoms with Gasteiger partial charge in [0.2, 0.25) is 6.19 Å². The van der Waals surface area contributed by atoms with Crippen LogP contribution in [0.3, 0.4) is 0 Å². The Labute approximate surface area is 258 Å². The molecule has 0 heterocycles. The van der Waals surface area contributed by atoms with Gasteiger partial charge >= 0.3 is 0 Å². The number of hydrogen-bond donors (Lipinski definition) is 1. The summed E-state index contributed by atoms with van der Waals surface area (Å²) in [5.74, 6) is 0.869. The van der Waals surface area contributed by atoms with Gasteiger partial charge in [-0.15, -0.1) is 4.36 Å². The summed E-state index contributed by atoms with van der Waals surface area (Å²) >= 11 is 0. The normalized spacial score (nSPS) is 43.3. The maximum atomic E-state index is 14.6. The van der Waals surface area contributed by atoms with Crippen LogP contribution in [0.2, 0.25) is 0 Å². The van der Waals surface area contributed by atoms with E-state index in [0.29, 0.717) is 24.3 Å². The van der Waals surface area contributed by atoms with E-state index < -0.39 is 20.6 Å². The molecule has 0 aromatic heterocycles. The van der Waals surface area contributed by atoms with E-state index in [1.807, 2.05) is 12.2 Å². The van der Waals surface area contributed by atoms with Gasteiger partial charge in [0, 0.05) is 34.3 Å². The van der Waals surface area contributed by atoms with E-state index in [9.17, 15) is 19.1 Å². The van der Waals surface area contributed by atoms with Gasteiger partial charge in [-0.2, -0.15) is 10.5 Å². The third-order valence-electron chi connectivity index (χ3n) is 13.7. The number of nitriles is 2. The first-order chi connectivity index (χ1) is 20.0. The van der Waals surface area contributed by atoms with Gasteiger partial charge in [-0.05, 0) is 105 Å². The second-order valence-electron chi connectivity index (χ2n) is 16.5. The molecule has 1 spiro atoms. The zero-order valence-corrected chi connectivity index (χ0v) is 27.7. The van der Waals surface area contributed by atoms with Crippen molar-refractivity contribution < 1.29 is 13.8 Å². The number of Topliss-reactive ketones (excluding diaryl/α,β-unsaturated/α-hetero) is 1. The number of nitrogens with zero attached hydrogens (tertiary/aromatic N) is 3. The molecule has 0 amide bonds. The van der Waals surface area contributed by atoms with Gasteiger partial charge in [-0.3, -0.25) is 9.59 Å². The minimum Gasteiger partial charge on any atom is -0.311 e. The summed E-state index contributed by atoms with van der Waals surface area (Å²) < 4.78 is 16.2. The van der Waals surface area contributed by atoms with Crippen LogP contribution in [-0.4, -0.2) is 39.9 Å². The Morgan fingerprint density at radius 1 is 1.02 bits per heavy atom. The van der Waals surface area contributed by atoms with E-state index in [0.717, 1.165) is 57.8 Å². The molecule has 6 rings (SSSR count). The highest BCUT2D eigenvalue weighted by Gasteiger charge is 2.72. The Morgan fingerprint density at radius 2 is 1.72 bits per heavy atom. The quantitative estimate of drug-likeness (QED) is 0.291. The summed E-state index contributed by atoms with van der Waals surface area (Å²) in [6.45, 7) is 12.3. The van der Waals surface area contributed by atoms with Crippen LogP contribution >= 0.6 is 0 Å². The number of nitrogens with one attached hydrogen (secondary N) is 1. The monoisotopic (exact) mass is 604 g/mol. The van der Waals surface area contributed by atoms with Crippen LogP contribution in [0.25, 0.3) is 0 Å². The third kappa shape index (κ3) is 4.29. The molecule has 8 heteroatoms. The highest BCUT2D eigenvalue weighted by molar-refractivity contribution is 7.92. The van der Waals surface area contributed by atoms with Crippen molar-refractivity contribution >= 4 is 21.3 Å². The maximum absolute atomic E-state index is 14.6. The molecule has 0 saturated heterocycles. The summed E-state index contributed by atoms with van der Waals surface area (Å²) in [7, 11) is -2.51. The van der Waals surface area contributed by atoms with Gasteiger partial charge < -0.3 is 5.32 Å². The average molecular weight is 605 g/mol. The van der Waals surface area contributed by atoms with Crippen LogP contribution in [0.1, 0.15) is 98.8 Å². The van der Waals surface area contributed by atoms with Crippen molar-refractivity contribution in [2.75, 3.05) is 18.6 Å². The minimum atomic E-state index is -2.51. The number of fused-ring (bicyclic) bond motifs is 8. The first-order valence-electron chi connectivity index (χ1n) is 16.3. The topological polar surface area (TPSA) is 123 Å². The van der Waals surface area contributed by atoms with E-state index in [1.165, 1.54) is 5.57 Å². The van der Waals surface area contributed by atoms with Gasteiger partial charge in [0.05, 0.1) is 15.3 Å². The SMILES string of the molecule is CC1(C)CC[C@]2(NCCCS(C)(=O)=NC#N)CC[C@]3(C)[C@H](C(=O)C=C4[C@@]5(C)C=C(C#N)C(=O)C6(CC6)[C@@H]5CC[C@]43C)[C@@H]2C1. The number of allylic oxidation sites excluding steroid dienone is 4. The highest BCUT2D eigenvalue weighted by Crippen LogP contribution is 2.76. The van der Waals surface area contributed by atoms with Crippen molar-refractivity contribution in [1.82, 2.24) is 5.32 Å². The molecule has 6 aliphatic rings. The molecular weight excluding hydrogens is 556 g/mol. The van der Waals surface area contributed by atoms with Gasteiger partial charge in [-0.25, -0.2) is 4.21 Å². The van der Waals surface area contributed by atoms with Crippen LogP contribution in [0.15, 0.2) is 27.7 Å². The van der Waals surface area contributed by atoms with Crippen LogP contribution in [-0.2, 0) is 19.3 Å². The predicted molar refractivity (Wildman–Crippen MR) is 167 cm³/mol. The fourth-order valence-electron chi connectivity index (χ4n) is 11.1. The fourth-order valence-corrected chi connectivity index (χ4v) is 12.1. The summed E-state index contributed by atoms with van der Waals surface area (Å²) in [4.78, 5) is 28.0. The maximum Gasteiger partial charge on any atom is 0.214 e. The third-order valence-corrected chi connectivity index (χ3v) is 15.2. The van der Waals surface area contributed by atoms with Crippen molar-refractivity contribution in [3.63, 3.8) is 0 Å². The van der Waals surface area contributed by atoms with Crippen LogP contribution in [0.4, 0.5) is 0 Å². The van der Waals surface area contributed by atoms with Gasteiger partial charge in [-0.1, -0.05) is 46.3 Å². The minimum absolute atomic E-state index is 0.0334. The lowest BCUT2D eigenvalue weighted by Crippen LogP contribution is -2.69. The van der Waals surface area contributed by atoms with Crippen molar-refractivity contribution in [1.29, 1.82) is 10.5 Å². The molecule has 1 N–H and O–H groups in total. The number of rotatable bonds is 5. The lowest BCUT2D eigenvalue weighted by atomic mass is 9.35. The molecule has 8 atom stereocenters. The van der Waals surface area contributed by atoms with Crippen LogP contribution in [0.5, 0.6) is 0 Å². The Kier molecular flexibility index (Phi) is 6.86. The predicted octanol–water partition coefficient (Wildman–Crippen LogP) is 6.27. The Morgan fingerprint density at radius 3 is 2.37 bits per heavy atom. The highest BCUT2D eigenvalue weighted by atomic mass is 32.2. The van der Waals surface area contributed by atoms with Crippen molar-refractivity contribution in [3.05, 3.63) is 23.3 Å². The standard InChI is InChI=1S/C35H48N4O3S/c1-30(2)10-14-35(38-16-7-17-43(6,42)39-22-37)15-11-33(5)28(24(35)20-30)25(40)18-27-31(3)19-23(21-36)29(41)34(12-13-34)26(31)8-9-32(27,33)4/h18-19,24,26,28,38H,7-17,20H2,1-6H3/t24-,26+,28-,31-,32+,33+,35-,43?/m0/s1. The van der Waals surface area contributed by atoms with Crippen LogP contribution < -0.4 is 5.32 Å². The molecule has 4 fully saturated rings. The number of carbonyl (C=O) groups is 2. The van der Waals surface area contributed by atoms with Crippen LogP contribution in [0, 0.1) is 67.6 Å². The van der Waals surface area contributed by atoms with E-state index in [4.69, 9.17) is 5.26 Å². The fraction of sp³-hybridized carbons (Fsp3) is 0.771. The van der Waals surface area contributed by atoms with E-state index >= 15 is 0 Å². The van der Waals surface area contributed by atoms with E-state index in [-0.39, 0.29) is 51.1 Å². The molecule has 1 unspecified atom stereocenters.